The molecule has 1 aliphatic rings. The summed E-state index contributed by atoms with van der Waals surface area (Å²) >= 11 is 0. The lowest BCUT2D eigenvalue weighted by molar-refractivity contribution is 0.0644. The summed E-state index contributed by atoms with van der Waals surface area (Å²) in [5.74, 6) is -0.0356. The third-order valence-electron chi connectivity index (χ3n) is 4.30. The van der Waals surface area contributed by atoms with E-state index in [1.54, 1.807) is 0 Å². The van der Waals surface area contributed by atoms with Crippen LogP contribution >= 0.6 is 0 Å². The summed E-state index contributed by atoms with van der Waals surface area (Å²) in [6.07, 6.45) is 0. The molecule has 1 heterocycles. The summed E-state index contributed by atoms with van der Waals surface area (Å²) in [5.41, 5.74) is 2.33. The minimum absolute atomic E-state index is 0.0356. The van der Waals surface area contributed by atoms with Crippen LogP contribution in [0.25, 0.3) is 0 Å². The Morgan fingerprint density at radius 1 is 1.08 bits per heavy atom. The molecule has 134 valence electrons. The molecule has 0 radical (unpaired) electrons. The number of nitrogens with one attached hydrogen (secondary N) is 1. The molecular weight excluding hydrogens is 336 g/mol. The standard InChI is InChI=1S/C19H24N2O3S/c1-19(2)15-24-13-12-21(19)18-10-8-17(9-11-18)20-25(22,23)14-16-6-4-3-5-7-16/h3-11,20H,12-15H2,1-2H3. The molecule has 5 nitrogen and oxygen atoms in total. The number of sulfonamides is 1. The normalized spacial score (nSPS) is 17.3. The number of rotatable bonds is 5. The minimum atomic E-state index is -3.43. The van der Waals surface area contributed by atoms with Crippen LogP contribution in [0.5, 0.6) is 0 Å². The van der Waals surface area contributed by atoms with E-state index in [-0.39, 0.29) is 11.3 Å². The van der Waals surface area contributed by atoms with E-state index in [0.717, 1.165) is 17.8 Å². The van der Waals surface area contributed by atoms with E-state index in [4.69, 9.17) is 4.74 Å². The van der Waals surface area contributed by atoms with Crippen LogP contribution in [0, 0.1) is 0 Å². The topological polar surface area (TPSA) is 58.6 Å². The van der Waals surface area contributed by atoms with E-state index in [1.807, 2.05) is 54.6 Å². The highest BCUT2D eigenvalue weighted by atomic mass is 32.2. The molecule has 2 aromatic rings. The predicted octanol–water partition coefficient (Wildman–Crippen LogP) is 3.24. The van der Waals surface area contributed by atoms with Crippen molar-refractivity contribution >= 4 is 21.4 Å². The molecule has 0 aromatic heterocycles. The van der Waals surface area contributed by atoms with Crippen molar-refractivity contribution in [1.82, 2.24) is 0 Å². The Bertz CT molecular complexity index is 802. The van der Waals surface area contributed by atoms with Crippen molar-refractivity contribution in [2.75, 3.05) is 29.4 Å². The highest BCUT2D eigenvalue weighted by molar-refractivity contribution is 7.91. The SMILES string of the molecule is CC1(C)COCCN1c1ccc(NS(=O)(=O)Cc2ccccc2)cc1. The predicted molar refractivity (Wildman–Crippen MR) is 101 cm³/mol. The summed E-state index contributed by atoms with van der Waals surface area (Å²) in [5, 5.41) is 0. The Hall–Kier alpha value is -2.05. The van der Waals surface area contributed by atoms with E-state index in [2.05, 4.69) is 23.5 Å². The first-order valence-corrected chi connectivity index (χ1v) is 10.0. The number of ether oxygens (including phenoxy) is 1. The van der Waals surface area contributed by atoms with Gasteiger partial charge < -0.3 is 9.64 Å². The van der Waals surface area contributed by atoms with E-state index in [9.17, 15) is 8.42 Å². The van der Waals surface area contributed by atoms with Gasteiger partial charge in [-0.15, -0.1) is 0 Å². The Kier molecular flexibility index (Phi) is 5.01. The second-order valence-electron chi connectivity index (χ2n) is 6.91. The maximum absolute atomic E-state index is 12.3. The van der Waals surface area contributed by atoms with E-state index >= 15 is 0 Å². The molecule has 25 heavy (non-hydrogen) atoms. The van der Waals surface area contributed by atoms with Crippen molar-refractivity contribution in [2.45, 2.75) is 25.1 Å². The van der Waals surface area contributed by atoms with Crippen LogP contribution in [0.15, 0.2) is 54.6 Å². The Morgan fingerprint density at radius 2 is 1.76 bits per heavy atom. The first kappa shape index (κ1) is 17.8. The molecule has 1 aliphatic heterocycles. The second-order valence-corrected chi connectivity index (χ2v) is 8.63. The molecule has 6 heteroatoms. The fourth-order valence-corrected chi connectivity index (χ4v) is 4.25. The second kappa shape index (κ2) is 7.06. The Morgan fingerprint density at radius 3 is 2.40 bits per heavy atom. The molecule has 3 rings (SSSR count). The lowest BCUT2D eigenvalue weighted by Crippen LogP contribution is -2.53. The lowest BCUT2D eigenvalue weighted by atomic mass is 10.0. The van der Waals surface area contributed by atoms with Crippen molar-refractivity contribution in [3.8, 4) is 0 Å². The molecule has 1 fully saturated rings. The number of hydrogen-bond donors (Lipinski definition) is 1. The molecular formula is C19H24N2O3S. The van der Waals surface area contributed by atoms with Gasteiger partial charge >= 0.3 is 0 Å². The molecule has 0 saturated carbocycles. The molecule has 1 N–H and O–H groups in total. The smallest absolute Gasteiger partial charge is 0.236 e. The van der Waals surface area contributed by atoms with Gasteiger partial charge in [0.25, 0.3) is 0 Å². The average molecular weight is 360 g/mol. The van der Waals surface area contributed by atoms with Crippen LogP contribution < -0.4 is 9.62 Å². The molecule has 0 amide bonds. The zero-order chi connectivity index (χ0) is 17.9. The Labute approximate surface area is 149 Å². The van der Waals surface area contributed by atoms with Crippen LogP contribution in [0.2, 0.25) is 0 Å². The van der Waals surface area contributed by atoms with Crippen LogP contribution in [0.3, 0.4) is 0 Å². The molecule has 0 aliphatic carbocycles. The fraction of sp³-hybridized carbons (Fsp3) is 0.368. The van der Waals surface area contributed by atoms with Gasteiger partial charge in [-0.1, -0.05) is 30.3 Å². The minimum Gasteiger partial charge on any atom is -0.377 e. The summed E-state index contributed by atoms with van der Waals surface area (Å²) < 4.78 is 32.8. The number of anilines is 2. The monoisotopic (exact) mass is 360 g/mol. The van der Waals surface area contributed by atoms with Gasteiger partial charge in [-0.25, -0.2) is 8.42 Å². The lowest BCUT2D eigenvalue weighted by Gasteiger charge is -2.43. The zero-order valence-corrected chi connectivity index (χ0v) is 15.4. The van der Waals surface area contributed by atoms with Crippen molar-refractivity contribution < 1.29 is 13.2 Å². The fourth-order valence-electron chi connectivity index (χ4n) is 3.06. The van der Waals surface area contributed by atoms with Crippen molar-refractivity contribution in [3.63, 3.8) is 0 Å². The molecule has 1 saturated heterocycles. The molecule has 0 bridgehead atoms. The summed E-state index contributed by atoms with van der Waals surface area (Å²) in [4.78, 5) is 2.29. The average Bonchev–Trinajstić information content (AvgIpc) is 2.55. The quantitative estimate of drug-likeness (QED) is 0.889. The van der Waals surface area contributed by atoms with Gasteiger partial charge in [0, 0.05) is 17.9 Å². The first-order chi connectivity index (χ1) is 11.9. The molecule has 0 atom stereocenters. The maximum Gasteiger partial charge on any atom is 0.236 e. The summed E-state index contributed by atoms with van der Waals surface area (Å²) in [6.45, 7) is 6.49. The van der Waals surface area contributed by atoms with Crippen molar-refractivity contribution in [1.29, 1.82) is 0 Å². The third kappa shape index (κ3) is 4.52. The van der Waals surface area contributed by atoms with Crippen LogP contribution in [-0.4, -0.2) is 33.7 Å². The molecule has 2 aromatic carbocycles. The zero-order valence-electron chi connectivity index (χ0n) is 14.6. The Balaban J connectivity index is 1.70. The van der Waals surface area contributed by atoms with Gasteiger partial charge in [-0.3, -0.25) is 4.72 Å². The molecule has 0 spiro atoms. The number of hydrogen-bond acceptors (Lipinski definition) is 4. The van der Waals surface area contributed by atoms with Crippen LogP contribution in [0.1, 0.15) is 19.4 Å². The van der Waals surface area contributed by atoms with E-state index < -0.39 is 10.0 Å². The molecule has 0 unspecified atom stereocenters. The van der Waals surface area contributed by atoms with Crippen molar-refractivity contribution in [2.24, 2.45) is 0 Å². The van der Waals surface area contributed by atoms with Crippen LogP contribution in [-0.2, 0) is 20.5 Å². The van der Waals surface area contributed by atoms with Crippen LogP contribution in [0.4, 0.5) is 11.4 Å². The maximum atomic E-state index is 12.3. The summed E-state index contributed by atoms with van der Waals surface area (Å²) in [7, 11) is -3.43. The highest BCUT2D eigenvalue weighted by Crippen LogP contribution is 2.28. The van der Waals surface area contributed by atoms with E-state index in [0.29, 0.717) is 18.9 Å². The van der Waals surface area contributed by atoms with Gasteiger partial charge in [0.15, 0.2) is 0 Å². The van der Waals surface area contributed by atoms with Gasteiger partial charge in [-0.05, 0) is 43.7 Å². The third-order valence-corrected chi connectivity index (χ3v) is 5.56. The first-order valence-electron chi connectivity index (χ1n) is 8.36. The summed E-state index contributed by atoms with van der Waals surface area (Å²) in [6, 6.07) is 16.7. The largest absolute Gasteiger partial charge is 0.377 e. The van der Waals surface area contributed by atoms with Gasteiger partial charge in [-0.2, -0.15) is 0 Å². The van der Waals surface area contributed by atoms with E-state index in [1.165, 1.54) is 0 Å². The van der Waals surface area contributed by atoms with Crippen molar-refractivity contribution in [3.05, 3.63) is 60.2 Å². The van der Waals surface area contributed by atoms with Gasteiger partial charge in [0.05, 0.1) is 24.5 Å². The highest BCUT2D eigenvalue weighted by Gasteiger charge is 2.30. The van der Waals surface area contributed by atoms with Gasteiger partial charge in [0.2, 0.25) is 10.0 Å². The number of morpholine rings is 1. The number of nitrogens with zero attached hydrogens (tertiary/aromatic N) is 1. The number of benzene rings is 2. The van der Waals surface area contributed by atoms with Gasteiger partial charge in [0.1, 0.15) is 0 Å².